The lowest BCUT2D eigenvalue weighted by molar-refractivity contribution is -0.146. The SMILES string of the molecule is Cc1sc2cccc(C)c2c1C(O)C(=O)O. The number of rotatable bonds is 2. The molecule has 0 aliphatic rings. The summed E-state index contributed by atoms with van der Waals surface area (Å²) in [5, 5.41) is 19.5. The van der Waals surface area contributed by atoms with E-state index in [0.717, 1.165) is 20.5 Å². The molecule has 0 bridgehead atoms. The van der Waals surface area contributed by atoms with Crippen molar-refractivity contribution in [3.63, 3.8) is 0 Å². The summed E-state index contributed by atoms with van der Waals surface area (Å²) in [6.45, 7) is 3.76. The number of aliphatic hydroxyl groups excluding tert-OH is 1. The number of benzene rings is 1. The summed E-state index contributed by atoms with van der Waals surface area (Å²) in [5.41, 5.74) is 1.53. The Kier molecular flexibility index (Phi) is 2.69. The third-order valence-electron chi connectivity index (χ3n) is 2.65. The van der Waals surface area contributed by atoms with E-state index in [9.17, 15) is 9.90 Å². The molecular formula is C12H12O3S. The number of carboxylic acids is 1. The average molecular weight is 236 g/mol. The maximum Gasteiger partial charge on any atom is 0.337 e. The lowest BCUT2D eigenvalue weighted by Crippen LogP contribution is -2.11. The Balaban J connectivity index is 2.77. The highest BCUT2D eigenvalue weighted by Crippen LogP contribution is 2.36. The summed E-state index contributed by atoms with van der Waals surface area (Å²) in [6.07, 6.45) is -1.44. The first-order chi connectivity index (χ1) is 7.52. The summed E-state index contributed by atoms with van der Waals surface area (Å²) in [6, 6.07) is 5.80. The second kappa shape index (κ2) is 3.88. The van der Waals surface area contributed by atoms with Crippen LogP contribution in [0.5, 0.6) is 0 Å². The fourth-order valence-corrected chi connectivity index (χ4v) is 3.09. The van der Waals surface area contributed by atoms with Crippen LogP contribution >= 0.6 is 11.3 Å². The minimum atomic E-state index is -1.44. The number of aliphatic hydroxyl groups is 1. The van der Waals surface area contributed by atoms with Gasteiger partial charge in [-0.05, 0) is 25.5 Å². The number of fused-ring (bicyclic) bond motifs is 1. The monoisotopic (exact) mass is 236 g/mol. The van der Waals surface area contributed by atoms with Gasteiger partial charge in [0.1, 0.15) is 0 Å². The summed E-state index contributed by atoms with van der Waals surface area (Å²) < 4.78 is 1.02. The van der Waals surface area contributed by atoms with Crippen LogP contribution in [-0.4, -0.2) is 16.2 Å². The summed E-state index contributed by atoms with van der Waals surface area (Å²) in [5.74, 6) is -1.20. The number of aliphatic carboxylic acids is 1. The molecule has 16 heavy (non-hydrogen) atoms. The largest absolute Gasteiger partial charge is 0.479 e. The lowest BCUT2D eigenvalue weighted by Gasteiger charge is -2.07. The van der Waals surface area contributed by atoms with E-state index in [1.807, 2.05) is 32.0 Å². The first-order valence-corrected chi connectivity index (χ1v) is 5.73. The Bertz CT molecular complexity index is 557. The molecule has 0 amide bonds. The molecule has 84 valence electrons. The number of aryl methyl sites for hydroxylation is 2. The van der Waals surface area contributed by atoms with Crippen LogP contribution in [0.1, 0.15) is 22.1 Å². The highest BCUT2D eigenvalue weighted by Gasteiger charge is 2.23. The lowest BCUT2D eigenvalue weighted by atomic mass is 10.0. The summed E-state index contributed by atoms with van der Waals surface area (Å²) in [7, 11) is 0. The van der Waals surface area contributed by atoms with Crippen molar-refractivity contribution >= 4 is 27.4 Å². The number of carbonyl (C=O) groups is 1. The highest BCUT2D eigenvalue weighted by molar-refractivity contribution is 7.19. The Hall–Kier alpha value is -1.39. The van der Waals surface area contributed by atoms with E-state index in [2.05, 4.69) is 0 Å². The predicted octanol–water partition coefficient (Wildman–Crippen LogP) is 2.64. The van der Waals surface area contributed by atoms with Gasteiger partial charge in [0.25, 0.3) is 0 Å². The minimum Gasteiger partial charge on any atom is -0.479 e. The van der Waals surface area contributed by atoms with Gasteiger partial charge in [-0.25, -0.2) is 4.79 Å². The molecule has 0 aliphatic heterocycles. The zero-order chi connectivity index (χ0) is 11.9. The van der Waals surface area contributed by atoms with Crippen LogP contribution in [0.2, 0.25) is 0 Å². The first-order valence-electron chi connectivity index (χ1n) is 4.92. The maximum atomic E-state index is 10.9. The van der Waals surface area contributed by atoms with Crippen LogP contribution in [0, 0.1) is 13.8 Å². The molecule has 0 spiro atoms. The van der Waals surface area contributed by atoms with Gasteiger partial charge in [-0.15, -0.1) is 11.3 Å². The fourth-order valence-electron chi connectivity index (χ4n) is 1.92. The molecule has 4 heteroatoms. The van der Waals surface area contributed by atoms with Gasteiger partial charge >= 0.3 is 5.97 Å². The second-order valence-corrected chi connectivity index (χ2v) is 5.02. The van der Waals surface area contributed by atoms with Crippen LogP contribution in [0.15, 0.2) is 18.2 Å². The van der Waals surface area contributed by atoms with Crippen LogP contribution in [0.25, 0.3) is 10.1 Å². The van der Waals surface area contributed by atoms with E-state index < -0.39 is 12.1 Å². The van der Waals surface area contributed by atoms with E-state index in [1.54, 1.807) is 0 Å². The highest BCUT2D eigenvalue weighted by atomic mass is 32.1. The van der Waals surface area contributed by atoms with Crippen molar-refractivity contribution in [3.05, 3.63) is 34.2 Å². The van der Waals surface area contributed by atoms with E-state index >= 15 is 0 Å². The van der Waals surface area contributed by atoms with Crippen molar-refractivity contribution < 1.29 is 15.0 Å². The predicted molar refractivity (Wildman–Crippen MR) is 63.9 cm³/mol. The van der Waals surface area contributed by atoms with Crippen molar-refractivity contribution in [2.45, 2.75) is 20.0 Å². The fraction of sp³-hybridized carbons (Fsp3) is 0.250. The average Bonchev–Trinajstić information content (AvgIpc) is 2.54. The Morgan fingerprint density at radius 3 is 2.69 bits per heavy atom. The molecule has 0 fully saturated rings. The Labute approximate surface area is 97.0 Å². The molecule has 0 aliphatic carbocycles. The molecule has 1 unspecified atom stereocenters. The van der Waals surface area contributed by atoms with Gasteiger partial charge in [0.05, 0.1) is 0 Å². The summed E-state index contributed by atoms with van der Waals surface area (Å²) >= 11 is 1.52. The molecule has 1 heterocycles. The third-order valence-corrected chi connectivity index (χ3v) is 3.74. The van der Waals surface area contributed by atoms with Gasteiger partial charge in [0, 0.05) is 20.5 Å². The quantitative estimate of drug-likeness (QED) is 0.842. The van der Waals surface area contributed by atoms with Crippen LogP contribution in [0.4, 0.5) is 0 Å². The van der Waals surface area contributed by atoms with Crippen LogP contribution in [0.3, 0.4) is 0 Å². The third kappa shape index (κ3) is 1.60. The molecule has 3 nitrogen and oxygen atoms in total. The molecular weight excluding hydrogens is 224 g/mol. The minimum absolute atomic E-state index is 0.533. The van der Waals surface area contributed by atoms with E-state index in [0.29, 0.717) is 5.56 Å². The van der Waals surface area contributed by atoms with Crippen molar-refractivity contribution in [2.24, 2.45) is 0 Å². The Morgan fingerprint density at radius 2 is 2.06 bits per heavy atom. The molecule has 1 aromatic heterocycles. The molecule has 0 radical (unpaired) electrons. The zero-order valence-electron chi connectivity index (χ0n) is 9.02. The molecule has 2 N–H and O–H groups in total. The number of hydrogen-bond acceptors (Lipinski definition) is 3. The van der Waals surface area contributed by atoms with Gasteiger partial charge in [-0.1, -0.05) is 12.1 Å². The van der Waals surface area contributed by atoms with Crippen molar-refractivity contribution in [3.8, 4) is 0 Å². The standard InChI is InChI=1S/C12H12O3S/c1-6-4-3-5-8-9(6)10(7(2)16-8)11(13)12(14)15/h3-5,11,13H,1-2H3,(H,14,15). The van der Waals surface area contributed by atoms with Crippen LogP contribution < -0.4 is 0 Å². The number of thiophene rings is 1. The van der Waals surface area contributed by atoms with E-state index in [1.165, 1.54) is 11.3 Å². The number of carboxylic acid groups (broad SMARTS) is 1. The van der Waals surface area contributed by atoms with Gasteiger partial charge in [-0.3, -0.25) is 0 Å². The number of hydrogen-bond donors (Lipinski definition) is 2. The van der Waals surface area contributed by atoms with Crippen molar-refractivity contribution in [1.82, 2.24) is 0 Å². The molecule has 0 saturated carbocycles. The topological polar surface area (TPSA) is 57.5 Å². The zero-order valence-corrected chi connectivity index (χ0v) is 9.84. The second-order valence-electron chi connectivity index (χ2n) is 3.76. The molecule has 1 atom stereocenters. The van der Waals surface area contributed by atoms with Gasteiger partial charge in [0.15, 0.2) is 6.10 Å². The first kappa shape index (κ1) is 11.1. The molecule has 2 aromatic rings. The maximum absolute atomic E-state index is 10.9. The molecule has 0 saturated heterocycles. The normalized spacial score (nSPS) is 12.9. The molecule has 2 rings (SSSR count). The smallest absolute Gasteiger partial charge is 0.337 e. The van der Waals surface area contributed by atoms with Crippen molar-refractivity contribution in [1.29, 1.82) is 0 Å². The van der Waals surface area contributed by atoms with Gasteiger partial charge < -0.3 is 10.2 Å². The van der Waals surface area contributed by atoms with E-state index in [-0.39, 0.29) is 0 Å². The van der Waals surface area contributed by atoms with Gasteiger partial charge in [-0.2, -0.15) is 0 Å². The van der Waals surface area contributed by atoms with E-state index in [4.69, 9.17) is 5.11 Å². The van der Waals surface area contributed by atoms with Crippen molar-refractivity contribution in [2.75, 3.05) is 0 Å². The molecule has 1 aromatic carbocycles. The Morgan fingerprint density at radius 1 is 1.38 bits per heavy atom. The summed E-state index contributed by atoms with van der Waals surface area (Å²) in [4.78, 5) is 11.7. The van der Waals surface area contributed by atoms with Gasteiger partial charge in [0.2, 0.25) is 0 Å². The van der Waals surface area contributed by atoms with Crippen LogP contribution in [-0.2, 0) is 4.79 Å².